The number of carboxylic acids is 1. The van der Waals surface area contributed by atoms with E-state index in [0.717, 1.165) is 11.1 Å². The van der Waals surface area contributed by atoms with E-state index in [2.05, 4.69) is 21.9 Å². The van der Waals surface area contributed by atoms with E-state index in [9.17, 15) is 63.3 Å². The van der Waals surface area contributed by atoms with E-state index in [4.69, 9.17) is 68.3 Å². The minimum Gasteiger partial charge on any atom is -0.478 e. The Hall–Kier alpha value is -7.79. The van der Waals surface area contributed by atoms with Gasteiger partial charge < -0.3 is 34.0 Å². The summed E-state index contributed by atoms with van der Waals surface area (Å²) in [5.74, 6) is -8.81. The van der Waals surface area contributed by atoms with Crippen LogP contribution in [0.5, 0.6) is 0 Å². The fourth-order valence-corrected chi connectivity index (χ4v) is 18.0. The van der Waals surface area contributed by atoms with Crippen molar-refractivity contribution in [2.75, 3.05) is 13.2 Å². The number of aliphatic hydroxyl groups excluding tert-OH is 2. The molecule has 2 fully saturated rings. The smallest absolute Gasteiger partial charge is 0.478 e. The molecule has 1 aromatic heterocycles. The Bertz CT molecular complexity index is 3920. The van der Waals surface area contributed by atoms with Gasteiger partial charge in [-0.2, -0.15) is 0 Å². The van der Waals surface area contributed by atoms with Gasteiger partial charge in [0.25, 0.3) is 7.82 Å². The number of allylic oxidation sites excluding steroid dienone is 6. The van der Waals surface area contributed by atoms with E-state index < -0.39 is 149 Å². The number of amides is 7. The van der Waals surface area contributed by atoms with Crippen molar-refractivity contribution >= 4 is 83.3 Å². The molecule has 32 heteroatoms. The van der Waals surface area contributed by atoms with Crippen LogP contribution >= 0.6 is 7.82 Å². The number of hydrogen-bond acceptors (Lipinski definition) is 21. The molecule has 1 aromatic carbocycles. The molecule has 8 bridgehead atoms. The van der Waals surface area contributed by atoms with E-state index in [1.165, 1.54) is 24.7 Å². The van der Waals surface area contributed by atoms with Crippen molar-refractivity contribution in [2.45, 2.75) is 196 Å². The van der Waals surface area contributed by atoms with E-state index in [-0.39, 0.29) is 97.7 Å². The first-order valence-corrected chi connectivity index (χ1v) is 35.0. The van der Waals surface area contributed by atoms with Crippen molar-refractivity contribution in [3.05, 3.63) is 76.1 Å². The number of carboxylic acid groups (broad SMARTS) is 1. The first kappa shape index (κ1) is 78.5. The van der Waals surface area contributed by atoms with Gasteiger partial charge in [0.15, 0.2) is 6.23 Å². The van der Waals surface area contributed by atoms with Gasteiger partial charge in [-0.3, -0.25) is 4.57 Å². The molecule has 0 saturated carbocycles. The number of primary amides is 6. The molecule has 2 saturated heterocycles. The molecule has 0 spiro atoms. The number of carbonyl (C=O) groups is 8. The molecule has 6 aliphatic rings. The molecule has 7 amide bonds. The molecule has 16 N–H and O–H groups in total. The van der Waals surface area contributed by atoms with Gasteiger partial charge in [0.05, 0.1) is 24.0 Å². The van der Waals surface area contributed by atoms with E-state index >= 15 is 0 Å². The molecule has 2 unspecified atom stereocenters. The Balaban J connectivity index is 0.00000219. The summed E-state index contributed by atoms with van der Waals surface area (Å²) in [5.41, 5.74) is 36.5. The number of imidazole rings is 1. The second kappa shape index (κ2) is 30.2. The van der Waals surface area contributed by atoms with Crippen LogP contribution in [0.4, 0.5) is 0 Å². The van der Waals surface area contributed by atoms with Gasteiger partial charge in [-0.05, 0) is 44.0 Å². The average Bonchev–Trinajstić information content (AvgIpc) is 1.52. The van der Waals surface area contributed by atoms with Crippen LogP contribution in [0, 0.1) is 69.4 Å². The Kier molecular flexibility index (Phi) is 23.9. The number of carbonyl (C=O) groups excluding carboxylic acids is 7. The monoisotopic (exact) mass is 1440 g/mol. The summed E-state index contributed by atoms with van der Waals surface area (Å²) < 4.78 is 33.7. The maximum atomic E-state index is 14.5. The number of benzene rings is 1. The zero-order valence-corrected chi connectivity index (χ0v) is 59.9. The Morgan fingerprint density at radius 1 is 0.828 bits per heavy atom. The van der Waals surface area contributed by atoms with Crippen LogP contribution in [0.1, 0.15) is 157 Å². The third kappa shape index (κ3) is 15.7. The van der Waals surface area contributed by atoms with Crippen LogP contribution in [-0.4, -0.2) is 142 Å². The predicted octanol–water partition coefficient (Wildman–Crippen LogP) is 3.37. The van der Waals surface area contributed by atoms with Crippen molar-refractivity contribution in [1.82, 2.24) is 18.8 Å². The van der Waals surface area contributed by atoms with E-state index in [1.807, 2.05) is 53.7 Å². The molecular weight excluding hydrogens is 1350 g/mol. The van der Waals surface area contributed by atoms with Crippen molar-refractivity contribution in [3.8, 4) is 5.00 Å². The Labute approximate surface area is 581 Å². The summed E-state index contributed by atoms with van der Waals surface area (Å²) in [6.07, 6.45) is -5.38. The van der Waals surface area contributed by atoms with Crippen LogP contribution < -0.4 is 44.6 Å². The number of nitriles is 1. The summed E-state index contributed by atoms with van der Waals surface area (Å²) in [6, 6.07) is 2.56. The second-order valence-corrected chi connectivity index (χ2v) is 30.6. The Morgan fingerprint density at radius 3 is 1.95 bits per heavy atom. The number of aryl methyl sites for hydroxylation is 2. The number of phosphoric acid groups is 1. The number of rotatable bonds is 28. The SMILES string of the molecule is C/C1=C2N=C(/C=C3N=C(/C(C)=C4/[C@@H](CCC(N)=O)[C@](C)(CC(N)=O)[C@](C)([C@@H]5N=C1[C@](C)(CCC(=O)NCC(C)OP(=O)([O-])O[C@H]1[C@@H](O)[C@@H](n6cnc7cc(C)c(C)cc76)O[C@@H]1CO)[C@H]5CC(N)=O)[N]4[Co+][C]#N)[C@@](C)(CC(N)=O)[C@@H]\3CCC(N)=O)C(C)(C)[C@@H]/2CCC(N)=O.C=C(C)C(=O)O. The molecule has 30 nitrogen and oxygen atoms in total. The van der Waals surface area contributed by atoms with Gasteiger partial charge in [0, 0.05) is 5.57 Å². The van der Waals surface area contributed by atoms with Crippen molar-refractivity contribution in [1.29, 1.82) is 5.26 Å². The summed E-state index contributed by atoms with van der Waals surface area (Å²) in [4.78, 5) is 139. The van der Waals surface area contributed by atoms with Crippen LogP contribution in [0.15, 0.2) is 79.9 Å². The molecule has 6 aliphatic heterocycles. The van der Waals surface area contributed by atoms with Crippen LogP contribution in [0.2, 0.25) is 0 Å². The first-order valence-electron chi connectivity index (χ1n) is 32.6. The molecule has 542 valence electrons. The first-order chi connectivity index (χ1) is 45.9. The third-order valence-corrected chi connectivity index (χ3v) is 23.4. The number of aromatic nitrogens is 2. The molecule has 8 rings (SSSR count). The third-order valence-electron chi connectivity index (χ3n) is 21.2. The molecule has 99 heavy (non-hydrogen) atoms. The van der Waals surface area contributed by atoms with Crippen molar-refractivity contribution in [2.24, 2.45) is 94.7 Å². The zero-order valence-electron chi connectivity index (χ0n) is 58.0. The second-order valence-electron chi connectivity index (χ2n) is 28.4. The molecule has 0 aliphatic carbocycles. The topological polar surface area (TPSA) is 515 Å². The Morgan fingerprint density at radius 2 is 1.40 bits per heavy atom. The fourth-order valence-electron chi connectivity index (χ4n) is 15.7. The quantitative estimate of drug-likeness (QED) is 0.0431. The van der Waals surface area contributed by atoms with Gasteiger partial charge in [-0.1, -0.05) is 6.58 Å². The summed E-state index contributed by atoms with van der Waals surface area (Å²) in [7, 11) is -5.35. The molecule has 0 radical (unpaired) electrons. The number of aliphatic carboxylic acids is 1. The summed E-state index contributed by atoms with van der Waals surface area (Å²) in [5, 5.41) is 45.8. The number of ether oxygens (including phenoxy) is 1. The minimum absolute atomic E-state index is 0.0111. The van der Waals surface area contributed by atoms with Crippen molar-refractivity contribution in [3.63, 3.8) is 0 Å². The van der Waals surface area contributed by atoms with Crippen LogP contribution in [0.25, 0.3) is 11.0 Å². The number of aliphatic hydroxyl groups is 2. The maximum absolute atomic E-state index is 14.5. The summed E-state index contributed by atoms with van der Waals surface area (Å²) in [6.45, 7) is 23.4. The van der Waals surface area contributed by atoms with Gasteiger partial charge in [0.2, 0.25) is 0 Å². The van der Waals surface area contributed by atoms with Gasteiger partial charge in [0.1, 0.15) is 18.3 Å². The minimum atomic E-state index is -5.35. The zero-order chi connectivity index (χ0) is 74.1. The molecule has 15 atom stereocenters. The number of phosphoric ester groups is 1. The fraction of sp³-hybridized carbons (Fsp3) is 0.597. The average molecular weight is 1440 g/mol. The number of nitrogens with two attached hydrogens (primary N) is 6. The van der Waals surface area contributed by atoms with Crippen molar-refractivity contribution < 1.29 is 91.8 Å². The van der Waals surface area contributed by atoms with E-state index in [0.29, 0.717) is 56.4 Å². The van der Waals surface area contributed by atoms with Crippen LogP contribution in [-0.2, 0) is 71.6 Å². The number of fused-ring (bicyclic) bond motifs is 7. The standard InChI is InChI=1S/C62H90N13O14P.C4H6O2.CN.Co/c1-29-20-39-40(21-30(29)2)75(28-70-39)57-52(84)53(41(27-76)87-57)89-90(85,86)88-31(3)26-69-49(83)18-19-59(8)37(22-46(66)80)56-62(11)61(10,25-48(68)82)36(14-17-45(65)79)51(74-62)33(5)55-60(9,24-47(67)81)34(12-15-43(63)77)38(71-55)23-42-58(6,7)35(13-16-44(64)78)50(72-42)32(4)54(59)73-56;1-3(2)4(5)6;1-2;/h20-21,23,28,31,34-37,41,52-53,56-57,76,84H,12-19,22,24-27H2,1-11H3,(H15,63,64,65,66,67,68,69,71,72,73,74,77,78,79,80,81,82,83,85,86);1H2,2H3,(H,5,6);;/q;;;+2/p-2/t31?,34-,35-,36-,37+,41-,52-,53-,56-,57+,59-,60+,61+,62+;;;/m1.../s1. The van der Waals surface area contributed by atoms with Gasteiger partial charge in [-0.25, -0.2) is 9.78 Å². The molecule has 7 heterocycles. The number of nitrogens with one attached hydrogen (secondary N) is 1. The van der Waals surface area contributed by atoms with Gasteiger partial charge >= 0.3 is 423 Å². The van der Waals surface area contributed by atoms with Gasteiger partial charge in [-0.15, -0.1) is 0 Å². The van der Waals surface area contributed by atoms with Crippen LogP contribution in [0.3, 0.4) is 0 Å². The number of aliphatic imine (C=N–C) groups is 3. The molecule has 2 aromatic rings. The normalized spacial score (nSPS) is 32.0. The molecular formula is C67H94CoN14O16P. The predicted molar refractivity (Wildman–Crippen MR) is 358 cm³/mol. The number of nitrogens with zero attached hydrogens (tertiary/aromatic N) is 7. The number of hydrogen-bond donors (Lipinski definition) is 10. The van der Waals surface area contributed by atoms with E-state index in [1.54, 1.807) is 37.7 Å². The summed E-state index contributed by atoms with van der Waals surface area (Å²) >= 11 is 0.0230.